The SMILES string of the molecule is CCn1c(SCc2ccc([N+](=O)[O-])cc2)nc2nc3c(cc2c1=O)COC(C)(C)C3. The molecule has 0 amide bonds. The van der Waals surface area contributed by atoms with E-state index in [1.54, 1.807) is 16.7 Å². The first-order valence-corrected chi connectivity index (χ1v) is 10.7. The van der Waals surface area contributed by atoms with Crippen LogP contribution < -0.4 is 5.56 Å². The number of nitro benzene ring substituents is 1. The molecule has 0 saturated heterocycles. The molecule has 3 aromatic rings. The van der Waals surface area contributed by atoms with Gasteiger partial charge in [0, 0.05) is 36.4 Å². The Balaban J connectivity index is 1.68. The maximum Gasteiger partial charge on any atom is 0.269 e. The summed E-state index contributed by atoms with van der Waals surface area (Å²) in [5.74, 6) is 0.543. The Morgan fingerprint density at radius 3 is 2.67 bits per heavy atom. The number of hydrogen-bond donors (Lipinski definition) is 0. The number of fused-ring (bicyclic) bond motifs is 2. The Morgan fingerprint density at radius 2 is 2.00 bits per heavy atom. The lowest BCUT2D eigenvalue weighted by atomic mass is 9.95. The smallest absolute Gasteiger partial charge is 0.269 e. The lowest BCUT2D eigenvalue weighted by Crippen LogP contribution is -2.33. The highest BCUT2D eigenvalue weighted by molar-refractivity contribution is 7.98. The van der Waals surface area contributed by atoms with Gasteiger partial charge in [-0.05, 0) is 32.4 Å². The van der Waals surface area contributed by atoms with Crippen LogP contribution in [-0.2, 0) is 30.1 Å². The van der Waals surface area contributed by atoms with Gasteiger partial charge in [0.05, 0.1) is 28.2 Å². The van der Waals surface area contributed by atoms with Gasteiger partial charge >= 0.3 is 0 Å². The van der Waals surface area contributed by atoms with E-state index in [2.05, 4.69) is 4.98 Å². The Kier molecular flexibility index (Phi) is 5.33. The van der Waals surface area contributed by atoms with Crippen LogP contribution in [0.25, 0.3) is 11.0 Å². The van der Waals surface area contributed by atoms with Crippen LogP contribution in [0.3, 0.4) is 0 Å². The zero-order valence-electron chi connectivity index (χ0n) is 17.0. The molecule has 1 aromatic carbocycles. The van der Waals surface area contributed by atoms with Gasteiger partial charge in [0.25, 0.3) is 11.2 Å². The van der Waals surface area contributed by atoms with Crippen LogP contribution in [0, 0.1) is 10.1 Å². The number of ether oxygens (including phenoxy) is 1. The highest BCUT2D eigenvalue weighted by Crippen LogP contribution is 2.29. The molecule has 0 radical (unpaired) electrons. The van der Waals surface area contributed by atoms with Crippen LogP contribution in [0.15, 0.2) is 40.3 Å². The van der Waals surface area contributed by atoms with Crippen molar-refractivity contribution in [2.45, 2.75) is 56.9 Å². The van der Waals surface area contributed by atoms with E-state index < -0.39 is 4.92 Å². The number of nitrogens with zero attached hydrogens (tertiary/aromatic N) is 4. The maximum absolute atomic E-state index is 13.1. The van der Waals surface area contributed by atoms with Gasteiger partial charge in [0.2, 0.25) is 0 Å². The van der Waals surface area contributed by atoms with Crippen molar-refractivity contribution in [2.75, 3.05) is 0 Å². The first-order chi connectivity index (χ1) is 14.3. The number of aromatic nitrogens is 3. The summed E-state index contributed by atoms with van der Waals surface area (Å²) in [7, 11) is 0. The molecule has 0 bridgehead atoms. The molecule has 9 heteroatoms. The molecular weight excluding hydrogens is 404 g/mol. The van der Waals surface area contributed by atoms with Crippen molar-refractivity contribution in [3.63, 3.8) is 0 Å². The van der Waals surface area contributed by atoms with Gasteiger partial charge in [-0.15, -0.1) is 0 Å². The molecule has 156 valence electrons. The van der Waals surface area contributed by atoms with Gasteiger partial charge in [-0.3, -0.25) is 19.5 Å². The second-order valence-corrected chi connectivity index (χ2v) is 8.79. The summed E-state index contributed by atoms with van der Waals surface area (Å²) in [5, 5.41) is 11.9. The van der Waals surface area contributed by atoms with E-state index in [-0.39, 0.29) is 16.8 Å². The highest BCUT2D eigenvalue weighted by Gasteiger charge is 2.28. The summed E-state index contributed by atoms with van der Waals surface area (Å²) in [4.78, 5) is 32.9. The van der Waals surface area contributed by atoms with E-state index in [1.807, 2.05) is 26.8 Å². The molecule has 0 aliphatic carbocycles. The topological polar surface area (TPSA) is 100 Å². The zero-order chi connectivity index (χ0) is 21.5. The average molecular weight is 426 g/mol. The summed E-state index contributed by atoms with van der Waals surface area (Å²) < 4.78 is 7.50. The van der Waals surface area contributed by atoms with Crippen molar-refractivity contribution in [2.24, 2.45) is 0 Å². The molecule has 1 aliphatic heterocycles. The summed E-state index contributed by atoms with van der Waals surface area (Å²) in [6.07, 6.45) is 0.669. The number of benzene rings is 1. The van der Waals surface area contributed by atoms with Crippen LogP contribution in [0.5, 0.6) is 0 Å². The van der Waals surface area contributed by atoms with Gasteiger partial charge in [-0.2, -0.15) is 0 Å². The summed E-state index contributed by atoms with van der Waals surface area (Å²) in [6.45, 7) is 6.88. The normalized spacial score (nSPS) is 15.2. The second-order valence-electron chi connectivity index (χ2n) is 7.85. The highest BCUT2D eigenvalue weighted by atomic mass is 32.2. The minimum Gasteiger partial charge on any atom is -0.370 e. The molecule has 0 atom stereocenters. The summed E-state index contributed by atoms with van der Waals surface area (Å²) in [5.41, 5.74) is 2.88. The fourth-order valence-electron chi connectivity index (χ4n) is 3.46. The van der Waals surface area contributed by atoms with Gasteiger partial charge in [-0.1, -0.05) is 23.9 Å². The molecule has 4 rings (SSSR count). The minimum atomic E-state index is -0.421. The number of thioether (sulfide) groups is 1. The Labute approximate surface area is 177 Å². The first-order valence-electron chi connectivity index (χ1n) is 9.71. The lowest BCUT2D eigenvalue weighted by Gasteiger charge is -2.31. The molecule has 2 aromatic heterocycles. The van der Waals surface area contributed by atoms with Crippen LogP contribution >= 0.6 is 11.8 Å². The molecule has 30 heavy (non-hydrogen) atoms. The fraction of sp³-hybridized carbons (Fsp3) is 0.381. The second kappa shape index (κ2) is 7.81. The number of nitro groups is 1. The molecule has 0 spiro atoms. The molecule has 0 fully saturated rings. The number of hydrogen-bond acceptors (Lipinski definition) is 7. The molecule has 3 heterocycles. The van der Waals surface area contributed by atoms with E-state index >= 15 is 0 Å². The number of pyridine rings is 1. The quantitative estimate of drug-likeness (QED) is 0.264. The zero-order valence-corrected chi connectivity index (χ0v) is 17.9. The van der Waals surface area contributed by atoms with Crippen molar-refractivity contribution in [1.82, 2.24) is 14.5 Å². The molecule has 0 N–H and O–H groups in total. The summed E-state index contributed by atoms with van der Waals surface area (Å²) in [6, 6.07) is 8.26. The largest absolute Gasteiger partial charge is 0.370 e. The van der Waals surface area contributed by atoms with Crippen molar-refractivity contribution in [3.8, 4) is 0 Å². The van der Waals surface area contributed by atoms with Gasteiger partial charge in [-0.25, -0.2) is 9.97 Å². The molecule has 1 aliphatic rings. The van der Waals surface area contributed by atoms with E-state index in [9.17, 15) is 14.9 Å². The molecule has 0 saturated carbocycles. The van der Waals surface area contributed by atoms with E-state index in [4.69, 9.17) is 9.72 Å². The fourth-order valence-corrected chi connectivity index (χ4v) is 4.47. The minimum absolute atomic E-state index is 0.0546. The Bertz CT molecular complexity index is 1190. The Hall–Kier alpha value is -2.78. The molecular formula is C21H22N4O4S. The predicted octanol–water partition coefficient (Wildman–Crippen LogP) is 3.86. The predicted molar refractivity (Wildman–Crippen MR) is 115 cm³/mol. The third-order valence-electron chi connectivity index (χ3n) is 5.12. The van der Waals surface area contributed by atoms with Crippen molar-refractivity contribution < 1.29 is 9.66 Å². The Morgan fingerprint density at radius 1 is 1.27 bits per heavy atom. The first kappa shape index (κ1) is 20.5. The lowest BCUT2D eigenvalue weighted by molar-refractivity contribution is -0.384. The van der Waals surface area contributed by atoms with Crippen LogP contribution in [0.1, 0.15) is 37.6 Å². The third kappa shape index (κ3) is 3.95. The van der Waals surface area contributed by atoms with Crippen LogP contribution in [0.4, 0.5) is 5.69 Å². The van der Waals surface area contributed by atoms with Gasteiger partial charge in [0.15, 0.2) is 10.8 Å². The van der Waals surface area contributed by atoms with E-state index in [0.29, 0.717) is 41.5 Å². The monoisotopic (exact) mass is 426 g/mol. The van der Waals surface area contributed by atoms with Crippen molar-refractivity contribution >= 4 is 28.5 Å². The van der Waals surface area contributed by atoms with Crippen molar-refractivity contribution in [1.29, 1.82) is 0 Å². The maximum atomic E-state index is 13.1. The third-order valence-corrected chi connectivity index (χ3v) is 6.17. The summed E-state index contributed by atoms with van der Waals surface area (Å²) >= 11 is 1.42. The van der Waals surface area contributed by atoms with Crippen LogP contribution in [-0.4, -0.2) is 25.1 Å². The van der Waals surface area contributed by atoms with Gasteiger partial charge < -0.3 is 4.74 Å². The van der Waals surface area contributed by atoms with Crippen molar-refractivity contribution in [3.05, 3.63) is 67.6 Å². The van der Waals surface area contributed by atoms with Gasteiger partial charge in [0.1, 0.15) is 0 Å². The molecule has 8 nitrogen and oxygen atoms in total. The number of non-ortho nitro benzene ring substituents is 1. The standard InChI is InChI=1S/C21H22N4O4S/c1-4-24-19(26)16-9-14-11-29-21(2,3)10-17(14)22-18(16)23-20(24)30-12-13-5-7-15(8-6-13)25(27)28/h5-9H,4,10-12H2,1-3H3. The van der Waals surface area contributed by atoms with E-state index in [0.717, 1.165) is 16.8 Å². The van der Waals surface area contributed by atoms with E-state index in [1.165, 1.54) is 23.9 Å². The van der Waals surface area contributed by atoms with Crippen LogP contribution in [0.2, 0.25) is 0 Å². The average Bonchev–Trinajstić information content (AvgIpc) is 2.71. The molecule has 0 unspecified atom stereocenters. The number of rotatable bonds is 5.